The van der Waals surface area contributed by atoms with Gasteiger partial charge < -0.3 is 9.47 Å². The minimum absolute atomic E-state index is 0.0635. The maximum atomic E-state index is 12.6. The van der Waals surface area contributed by atoms with Gasteiger partial charge in [0, 0.05) is 22.6 Å². The number of ketones is 1. The molecule has 31 heavy (non-hydrogen) atoms. The second-order valence-corrected chi connectivity index (χ2v) is 7.85. The molecule has 3 rings (SSSR count). The van der Waals surface area contributed by atoms with Crippen molar-refractivity contribution in [3.05, 3.63) is 93.5 Å². The zero-order valence-electron chi connectivity index (χ0n) is 17.9. The number of rotatable bonds is 8. The van der Waals surface area contributed by atoms with Crippen LogP contribution in [0, 0.1) is 20.8 Å². The highest BCUT2D eigenvalue weighted by atomic mass is 35.5. The molecule has 0 aliphatic rings. The monoisotopic (exact) mass is 436 g/mol. The number of carbonyl (C=O) groups excluding carboxylic acids is 2. The lowest BCUT2D eigenvalue weighted by molar-refractivity contribution is -0.134. The zero-order valence-corrected chi connectivity index (χ0v) is 18.7. The summed E-state index contributed by atoms with van der Waals surface area (Å²) in [5.74, 6) is 0.797. The third-order valence-corrected chi connectivity index (χ3v) is 5.50. The van der Waals surface area contributed by atoms with E-state index < -0.39 is 0 Å². The highest BCUT2D eigenvalue weighted by molar-refractivity contribution is 6.32. The summed E-state index contributed by atoms with van der Waals surface area (Å²) in [6, 6.07) is 17.9. The summed E-state index contributed by atoms with van der Waals surface area (Å²) in [4.78, 5) is 24.8. The SMILES string of the molecule is Cc1cc(C(=O)c2ccccc2)ccc1OC(=O)CCCOc1cc(C)c(Cl)c(C)c1. The van der Waals surface area contributed by atoms with Crippen LogP contribution >= 0.6 is 11.6 Å². The van der Waals surface area contributed by atoms with Gasteiger partial charge in [-0.25, -0.2) is 0 Å². The van der Waals surface area contributed by atoms with Crippen molar-refractivity contribution in [3.63, 3.8) is 0 Å². The Hall–Kier alpha value is -3.11. The van der Waals surface area contributed by atoms with E-state index in [-0.39, 0.29) is 18.2 Å². The number of aryl methyl sites for hydroxylation is 3. The smallest absolute Gasteiger partial charge is 0.311 e. The maximum Gasteiger partial charge on any atom is 0.311 e. The number of hydrogen-bond donors (Lipinski definition) is 0. The van der Waals surface area contributed by atoms with Gasteiger partial charge in [0.05, 0.1) is 6.61 Å². The lowest BCUT2D eigenvalue weighted by atomic mass is 10.0. The zero-order chi connectivity index (χ0) is 22.4. The number of carbonyl (C=O) groups is 2. The van der Waals surface area contributed by atoms with E-state index in [0.717, 1.165) is 27.5 Å². The van der Waals surface area contributed by atoms with Crippen LogP contribution < -0.4 is 9.47 Å². The molecule has 0 spiro atoms. The van der Waals surface area contributed by atoms with Gasteiger partial charge in [0.2, 0.25) is 0 Å². The van der Waals surface area contributed by atoms with E-state index >= 15 is 0 Å². The van der Waals surface area contributed by atoms with Crippen LogP contribution in [0.1, 0.15) is 45.5 Å². The highest BCUT2D eigenvalue weighted by Crippen LogP contribution is 2.26. The van der Waals surface area contributed by atoms with Crippen molar-refractivity contribution < 1.29 is 19.1 Å². The van der Waals surface area contributed by atoms with E-state index in [1.54, 1.807) is 30.3 Å². The first-order valence-electron chi connectivity index (χ1n) is 10.2. The number of halogens is 1. The predicted molar refractivity (Wildman–Crippen MR) is 122 cm³/mol. The van der Waals surface area contributed by atoms with E-state index in [1.165, 1.54) is 0 Å². The number of esters is 1. The third kappa shape index (κ3) is 5.96. The van der Waals surface area contributed by atoms with Crippen LogP contribution in [0.2, 0.25) is 5.02 Å². The summed E-state index contributed by atoms with van der Waals surface area (Å²) < 4.78 is 11.2. The Kier molecular flexibility index (Phi) is 7.48. The van der Waals surface area contributed by atoms with Gasteiger partial charge >= 0.3 is 5.97 Å². The molecule has 0 radical (unpaired) electrons. The molecular formula is C26H25ClO4. The van der Waals surface area contributed by atoms with Crippen molar-refractivity contribution in [2.75, 3.05) is 6.61 Å². The Balaban J connectivity index is 1.51. The summed E-state index contributed by atoms with van der Waals surface area (Å²) in [5, 5.41) is 0.739. The molecule has 0 heterocycles. The molecule has 3 aromatic rings. The van der Waals surface area contributed by atoms with Gasteiger partial charge in [-0.15, -0.1) is 0 Å². The average Bonchev–Trinajstić information content (AvgIpc) is 2.76. The second-order valence-electron chi connectivity index (χ2n) is 7.47. The first-order chi connectivity index (χ1) is 14.8. The molecule has 3 aromatic carbocycles. The van der Waals surface area contributed by atoms with Gasteiger partial charge in [0.15, 0.2) is 5.78 Å². The molecule has 0 atom stereocenters. The molecule has 0 aliphatic heterocycles. The predicted octanol–water partition coefficient (Wildman–Crippen LogP) is 6.26. The Labute approximate surface area is 187 Å². The molecule has 160 valence electrons. The van der Waals surface area contributed by atoms with Crippen molar-refractivity contribution in [2.24, 2.45) is 0 Å². The van der Waals surface area contributed by atoms with E-state index in [0.29, 0.717) is 29.9 Å². The molecule has 0 aromatic heterocycles. The maximum absolute atomic E-state index is 12.6. The van der Waals surface area contributed by atoms with Crippen LogP contribution in [0.15, 0.2) is 60.7 Å². The van der Waals surface area contributed by atoms with Gasteiger partial charge in [-0.2, -0.15) is 0 Å². The summed E-state index contributed by atoms with van der Waals surface area (Å²) in [6.45, 7) is 6.08. The molecule has 0 saturated heterocycles. The Morgan fingerprint density at radius 1 is 0.839 bits per heavy atom. The van der Waals surface area contributed by atoms with Crippen LogP contribution in [0.5, 0.6) is 11.5 Å². The molecule has 0 aliphatic carbocycles. The summed E-state index contributed by atoms with van der Waals surface area (Å²) in [6.07, 6.45) is 0.763. The number of hydrogen-bond acceptors (Lipinski definition) is 4. The summed E-state index contributed by atoms with van der Waals surface area (Å²) >= 11 is 6.17. The first-order valence-corrected chi connectivity index (χ1v) is 10.5. The van der Waals surface area contributed by atoms with Crippen LogP contribution in [0.25, 0.3) is 0 Å². The van der Waals surface area contributed by atoms with Crippen molar-refractivity contribution in [2.45, 2.75) is 33.6 Å². The standard InChI is InChI=1S/C26H25ClO4/c1-17-14-21(26(29)20-8-5-4-6-9-20)11-12-23(17)31-24(28)10-7-13-30-22-15-18(2)25(27)19(3)16-22/h4-6,8-9,11-12,14-16H,7,10,13H2,1-3H3. The van der Waals surface area contributed by atoms with E-state index in [9.17, 15) is 9.59 Å². The molecule has 0 N–H and O–H groups in total. The summed E-state index contributed by atoms with van der Waals surface area (Å²) in [7, 11) is 0. The van der Waals surface area contributed by atoms with Crippen molar-refractivity contribution in [1.29, 1.82) is 0 Å². The number of benzene rings is 3. The molecule has 0 amide bonds. The summed E-state index contributed by atoms with van der Waals surface area (Å²) in [5.41, 5.74) is 3.84. The van der Waals surface area contributed by atoms with Gasteiger partial charge in [-0.1, -0.05) is 41.9 Å². The van der Waals surface area contributed by atoms with Crippen molar-refractivity contribution in [1.82, 2.24) is 0 Å². The molecule has 0 bridgehead atoms. The quantitative estimate of drug-likeness (QED) is 0.181. The Bertz CT molecular complexity index is 1070. The molecule has 4 nitrogen and oxygen atoms in total. The molecule has 0 unspecified atom stereocenters. The van der Waals surface area contributed by atoms with E-state index in [1.807, 2.05) is 51.1 Å². The molecule has 5 heteroatoms. The minimum atomic E-state index is -0.336. The average molecular weight is 437 g/mol. The van der Waals surface area contributed by atoms with E-state index in [4.69, 9.17) is 21.1 Å². The van der Waals surface area contributed by atoms with Crippen LogP contribution in [-0.4, -0.2) is 18.4 Å². The van der Waals surface area contributed by atoms with Gasteiger partial charge in [0.1, 0.15) is 11.5 Å². The van der Waals surface area contributed by atoms with Crippen LogP contribution in [0.4, 0.5) is 0 Å². The van der Waals surface area contributed by atoms with Crippen molar-refractivity contribution >= 4 is 23.4 Å². The van der Waals surface area contributed by atoms with E-state index in [2.05, 4.69) is 0 Å². The Morgan fingerprint density at radius 2 is 1.52 bits per heavy atom. The lowest BCUT2D eigenvalue weighted by Crippen LogP contribution is -2.11. The highest BCUT2D eigenvalue weighted by Gasteiger charge is 2.13. The number of ether oxygens (including phenoxy) is 2. The van der Waals surface area contributed by atoms with Gasteiger partial charge in [-0.05, 0) is 74.2 Å². The van der Waals surface area contributed by atoms with Gasteiger partial charge in [-0.3, -0.25) is 9.59 Å². The lowest BCUT2D eigenvalue weighted by Gasteiger charge is -2.11. The molecule has 0 fully saturated rings. The van der Waals surface area contributed by atoms with Gasteiger partial charge in [0.25, 0.3) is 0 Å². The molecular weight excluding hydrogens is 412 g/mol. The largest absolute Gasteiger partial charge is 0.494 e. The minimum Gasteiger partial charge on any atom is -0.494 e. The van der Waals surface area contributed by atoms with Crippen LogP contribution in [0.3, 0.4) is 0 Å². The molecule has 0 saturated carbocycles. The fourth-order valence-corrected chi connectivity index (χ4v) is 3.34. The third-order valence-electron chi connectivity index (χ3n) is 4.90. The first kappa shape index (κ1) is 22.6. The van der Waals surface area contributed by atoms with Crippen molar-refractivity contribution in [3.8, 4) is 11.5 Å². The topological polar surface area (TPSA) is 52.6 Å². The fourth-order valence-electron chi connectivity index (χ4n) is 3.23. The fraction of sp³-hybridized carbons (Fsp3) is 0.231. The van der Waals surface area contributed by atoms with Crippen LogP contribution in [-0.2, 0) is 4.79 Å². The normalized spacial score (nSPS) is 10.6. The Morgan fingerprint density at radius 3 is 2.16 bits per heavy atom. The second kappa shape index (κ2) is 10.3.